The number of rotatable bonds is 23. The maximum Gasteiger partial charge on any atom is 0.412 e. The molecule has 0 amide bonds. The molecule has 0 N–H and O–H groups in total. The first-order valence-corrected chi connectivity index (χ1v) is 14.0. The van der Waals surface area contributed by atoms with Crippen LogP contribution in [0.5, 0.6) is 0 Å². The molecule has 0 radical (unpaired) electrons. The monoisotopic (exact) mass is 500 g/mol. The summed E-state index contributed by atoms with van der Waals surface area (Å²) in [4.78, 5) is 0. The lowest BCUT2D eigenvalue weighted by Gasteiger charge is -2.34. The Morgan fingerprint density at radius 3 is 1.71 bits per heavy atom. The molecule has 204 valence electrons. The molecule has 0 saturated heterocycles. The molecule has 0 aliphatic carbocycles. The van der Waals surface area contributed by atoms with Gasteiger partial charge in [-0.3, -0.25) is 4.74 Å². The topological polar surface area (TPSA) is 36.9 Å². The van der Waals surface area contributed by atoms with Gasteiger partial charge >= 0.3 is 6.16 Å². The maximum atomic E-state index is 13.8. The summed E-state index contributed by atoms with van der Waals surface area (Å²) in [6.45, 7) is 9.27. The highest BCUT2D eigenvalue weighted by Crippen LogP contribution is 2.26. The summed E-state index contributed by atoms with van der Waals surface area (Å²) >= 11 is 0. The maximum absolute atomic E-state index is 13.8. The van der Waals surface area contributed by atoms with E-state index in [-0.39, 0.29) is 6.10 Å². The van der Waals surface area contributed by atoms with Crippen molar-refractivity contribution in [3.05, 3.63) is 35.4 Å². The van der Waals surface area contributed by atoms with Crippen molar-refractivity contribution in [1.82, 2.24) is 0 Å². The van der Waals surface area contributed by atoms with E-state index >= 15 is 0 Å². The van der Waals surface area contributed by atoms with E-state index < -0.39 is 17.8 Å². The van der Waals surface area contributed by atoms with Gasteiger partial charge in [0.1, 0.15) is 11.6 Å². The number of hydrogen-bond donors (Lipinski definition) is 0. The summed E-state index contributed by atoms with van der Waals surface area (Å²) in [5.41, 5.74) is 0.585. The predicted octanol–water partition coefficient (Wildman–Crippen LogP) is 8.70. The molecule has 0 bridgehead atoms. The minimum absolute atomic E-state index is 0.00941. The van der Waals surface area contributed by atoms with Crippen molar-refractivity contribution in [2.75, 3.05) is 19.8 Å². The molecule has 0 aromatic heterocycles. The zero-order valence-electron chi connectivity index (χ0n) is 22.7. The van der Waals surface area contributed by atoms with Crippen molar-refractivity contribution in [1.29, 1.82) is 0 Å². The largest absolute Gasteiger partial charge is 0.412 e. The summed E-state index contributed by atoms with van der Waals surface area (Å²) in [6, 6.07) is 3.83. The van der Waals surface area contributed by atoms with Gasteiger partial charge in [0.15, 0.2) is 0 Å². The Labute approximate surface area is 213 Å². The van der Waals surface area contributed by atoms with E-state index in [1.54, 1.807) is 6.07 Å². The quantitative estimate of drug-likeness (QED) is 0.111. The Bertz CT molecular complexity index is 624. The van der Waals surface area contributed by atoms with E-state index in [1.165, 1.54) is 44.6 Å². The second-order valence-electron chi connectivity index (χ2n) is 9.14. The Balaban J connectivity index is 2.53. The first-order chi connectivity index (χ1) is 17.0. The van der Waals surface area contributed by atoms with Gasteiger partial charge in [-0.1, -0.05) is 77.2 Å². The first kappa shape index (κ1) is 31.9. The van der Waals surface area contributed by atoms with Crippen LogP contribution in [0, 0.1) is 11.6 Å². The Hall–Kier alpha value is -1.08. The fraction of sp³-hybridized carbons (Fsp3) is 0.793. The van der Waals surface area contributed by atoms with Crippen molar-refractivity contribution in [2.45, 2.75) is 130 Å². The van der Waals surface area contributed by atoms with Crippen molar-refractivity contribution >= 4 is 0 Å². The molecule has 4 nitrogen and oxygen atoms in total. The van der Waals surface area contributed by atoms with Crippen LogP contribution in [-0.4, -0.2) is 32.1 Å². The van der Waals surface area contributed by atoms with Crippen molar-refractivity contribution in [2.24, 2.45) is 0 Å². The zero-order chi connectivity index (χ0) is 25.8. The normalized spacial score (nSPS) is 12.9. The van der Waals surface area contributed by atoms with Gasteiger partial charge in [-0.2, -0.15) is 0 Å². The average Bonchev–Trinajstić information content (AvgIpc) is 2.82. The highest BCUT2D eigenvalue weighted by molar-refractivity contribution is 5.18. The number of benzene rings is 1. The number of unbranched alkanes of at least 4 members (excludes halogenated alkanes) is 9. The molecule has 0 spiro atoms. The highest BCUT2D eigenvalue weighted by atomic mass is 19.1. The van der Waals surface area contributed by atoms with Crippen LogP contribution in [0.2, 0.25) is 0 Å². The summed E-state index contributed by atoms with van der Waals surface area (Å²) < 4.78 is 50.6. The van der Waals surface area contributed by atoms with Crippen molar-refractivity contribution < 1.29 is 27.7 Å². The molecule has 1 unspecified atom stereocenters. The average molecular weight is 501 g/mol. The minimum atomic E-state index is -1.44. The van der Waals surface area contributed by atoms with E-state index in [0.29, 0.717) is 31.8 Å². The molecule has 0 aliphatic heterocycles. The van der Waals surface area contributed by atoms with Gasteiger partial charge in [0.25, 0.3) is 0 Å². The van der Waals surface area contributed by atoms with Crippen LogP contribution in [0.1, 0.15) is 117 Å². The first-order valence-electron chi connectivity index (χ1n) is 14.0. The van der Waals surface area contributed by atoms with Crippen LogP contribution in [0.3, 0.4) is 0 Å². The molecule has 1 aromatic carbocycles. The number of hydrogen-bond acceptors (Lipinski definition) is 4. The van der Waals surface area contributed by atoms with Gasteiger partial charge in [0.05, 0.1) is 25.9 Å². The SMILES string of the molecule is CCCCCCCCCC(CCCCCCc1ccc(F)cc1F)OC(OCC)(OCC)OCC. The van der Waals surface area contributed by atoms with Gasteiger partial charge in [-0.05, 0) is 58.1 Å². The molecule has 0 saturated carbocycles. The lowest BCUT2D eigenvalue weighted by Crippen LogP contribution is -2.45. The van der Waals surface area contributed by atoms with Crippen LogP contribution >= 0.6 is 0 Å². The van der Waals surface area contributed by atoms with Gasteiger partial charge in [0, 0.05) is 6.07 Å². The van der Waals surface area contributed by atoms with E-state index in [9.17, 15) is 8.78 Å². The smallest absolute Gasteiger partial charge is 0.304 e. The molecule has 0 heterocycles. The van der Waals surface area contributed by atoms with E-state index in [2.05, 4.69) is 6.92 Å². The lowest BCUT2D eigenvalue weighted by atomic mass is 10.0. The van der Waals surface area contributed by atoms with Crippen LogP contribution in [0.25, 0.3) is 0 Å². The molecule has 1 rings (SSSR count). The Kier molecular flexibility index (Phi) is 18.3. The van der Waals surface area contributed by atoms with E-state index in [0.717, 1.165) is 51.0 Å². The number of ether oxygens (including phenoxy) is 4. The summed E-state index contributed by atoms with van der Waals surface area (Å²) in [7, 11) is 0. The van der Waals surface area contributed by atoms with Gasteiger partial charge in [-0.25, -0.2) is 8.78 Å². The highest BCUT2D eigenvalue weighted by Gasteiger charge is 2.37. The third-order valence-corrected chi connectivity index (χ3v) is 6.14. The predicted molar refractivity (Wildman–Crippen MR) is 138 cm³/mol. The molecule has 0 aliphatic rings. The van der Waals surface area contributed by atoms with Crippen molar-refractivity contribution in [3.63, 3.8) is 0 Å². The third-order valence-electron chi connectivity index (χ3n) is 6.14. The molecule has 6 heteroatoms. The van der Waals surface area contributed by atoms with Crippen LogP contribution < -0.4 is 0 Å². The van der Waals surface area contributed by atoms with Crippen molar-refractivity contribution in [3.8, 4) is 0 Å². The molecule has 0 fully saturated rings. The Morgan fingerprint density at radius 1 is 0.686 bits per heavy atom. The van der Waals surface area contributed by atoms with E-state index in [1.807, 2.05) is 20.8 Å². The number of aryl methyl sites for hydroxylation is 1. The standard InChI is InChI=1S/C29H50F2O4/c1-5-9-10-11-12-13-17-20-27(35-29(32-6-2,33-7-3)34-8-4)21-18-15-14-16-19-25-22-23-26(30)24-28(25)31/h22-24,27H,5-21H2,1-4H3. The zero-order valence-corrected chi connectivity index (χ0v) is 22.7. The van der Waals surface area contributed by atoms with Crippen LogP contribution in [0.15, 0.2) is 18.2 Å². The molecular weight excluding hydrogens is 450 g/mol. The second kappa shape index (κ2) is 20.0. The summed E-state index contributed by atoms with van der Waals surface area (Å²) in [5, 5.41) is 0. The second-order valence-corrected chi connectivity index (χ2v) is 9.14. The fourth-order valence-electron chi connectivity index (χ4n) is 4.32. The molecule has 1 aromatic rings. The summed E-state index contributed by atoms with van der Waals surface area (Å²) in [5.74, 6) is -0.979. The van der Waals surface area contributed by atoms with Gasteiger partial charge in [-0.15, -0.1) is 0 Å². The van der Waals surface area contributed by atoms with Gasteiger partial charge in [0.2, 0.25) is 0 Å². The molecular formula is C29H50F2O4. The summed E-state index contributed by atoms with van der Waals surface area (Å²) in [6.07, 6.45) is 13.7. The van der Waals surface area contributed by atoms with E-state index in [4.69, 9.17) is 18.9 Å². The molecule has 35 heavy (non-hydrogen) atoms. The fourth-order valence-corrected chi connectivity index (χ4v) is 4.32. The molecule has 1 atom stereocenters. The van der Waals surface area contributed by atoms with Gasteiger partial charge < -0.3 is 14.2 Å². The van der Waals surface area contributed by atoms with Crippen LogP contribution in [0.4, 0.5) is 8.78 Å². The lowest BCUT2D eigenvalue weighted by molar-refractivity contribution is -0.506. The number of halogens is 2. The van der Waals surface area contributed by atoms with Crippen LogP contribution in [-0.2, 0) is 25.4 Å². The Morgan fingerprint density at radius 2 is 1.20 bits per heavy atom. The minimum Gasteiger partial charge on any atom is -0.304 e. The third kappa shape index (κ3) is 14.3.